The third kappa shape index (κ3) is 4.42. The lowest BCUT2D eigenvalue weighted by Gasteiger charge is -2.06. The fourth-order valence-corrected chi connectivity index (χ4v) is 1.23. The molecule has 0 saturated heterocycles. The van der Waals surface area contributed by atoms with E-state index in [0.29, 0.717) is 6.42 Å². The van der Waals surface area contributed by atoms with Gasteiger partial charge in [-0.25, -0.2) is 0 Å². The SMILES string of the molecule is Cc1cccc(CC(=O)NNC(N)=S)c1. The van der Waals surface area contributed by atoms with E-state index in [1.54, 1.807) is 0 Å². The van der Waals surface area contributed by atoms with E-state index in [-0.39, 0.29) is 11.0 Å². The molecule has 80 valence electrons. The Bertz CT molecular complexity index is 379. The number of hydrogen-bond donors (Lipinski definition) is 3. The van der Waals surface area contributed by atoms with Gasteiger partial charge in [-0.05, 0) is 24.7 Å². The second-order valence-electron chi connectivity index (χ2n) is 3.20. The van der Waals surface area contributed by atoms with Gasteiger partial charge in [0.15, 0.2) is 5.11 Å². The maximum Gasteiger partial charge on any atom is 0.242 e. The van der Waals surface area contributed by atoms with Gasteiger partial charge < -0.3 is 5.73 Å². The molecule has 15 heavy (non-hydrogen) atoms. The predicted octanol–water partition coefficient (Wildman–Crippen LogP) is 0.402. The first-order valence-corrected chi connectivity index (χ1v) is 4.88. The van der Waals surface area contributed by atoms with Gasteiger partial charge in [0.05, 0.1) is 6.42 Å². The van der Waals surface area contributed by atoms with Crippen molar-refractivity contribution in [2.75, 3.05) is 0 Å². The van der Waals surface area contributed by atoms with Gasteiger partial charge in [-0.2, -0.15) is 0 Å². The summed E-state index contributed by atoms with van der Waals surface area (Å²) in [5.74, 6) is -0.173. The van der Waals surface area contributed by atoms with Gasteiger partial charge in [0.1, 0.15) is 0 Å². The second kappa shape index (κ2) is 5.31. The van der Waals surface area contributed by atoms with Gasteiger partial charge in [0.2, 0.25) is 5.91 Å². The Labute approximate surface area is 93.8 Å². The smallest absolute Gasteiger partial charge is 0.242 e. The number of amides is 1. The van der Waals surface area contributed by atoms with E-state index in [0.717, 1.165) is 11.1 Å². The molecule has 1 aromatic rings. The van der Waals surface area contributed by atoms with E-state index in [1.807, 2.05) is 31.2 Å². The van der Waals surface area contributed by atoms with Crippen LogP contribution < -0.4 is 16.6 Å². The van der Waals surface area contributed by atoms with E-state index in [2.05, 4.69) is 23.1 Å². The largest absolute Gasteiger partial charge is 0.375 e. The molecular formula is C10H13N3OS. The van der Waals surface area contributed by atoms with Crippen molar-refractivity contribution in [3.8, 4) is 0 Å². The van der Waals surface area contributed by atoms with Crippen LogP contribution >= 0.6 is 12.2 Å². The molecule has 5 heteroatoms. The maximum absolute atomic E-state index is 11.3. The summed E-state index contributed by atoms with van der Waals surface area (Å²) in [5, 5.41) is 0.0487. The Morgan fingerprint density at radius 3 is 2.80 bits per heavy atom. The summed E-state index contributed by atoms with van der Waals surface area (Å²) in [5.41, 5.74) is 12.0. The molecule has 0 spiro atoms. The maximum atomic E-state index is 11.3. The fraction of sp³-hybridized carbons (Fsp3) is 0.200. The van der Waals surface area contributed by atoms with Crippen LogP contribution in [0.1, 0.15) is 11.1 Å². The van der Waals surface area contributed by atoms with Crippen LogP contribution in [-0.4, -0.2) is 11.0 Å². The number of benzene rings is 1. The molecule has 4 nitrogen and oxygen atoms in total. The van der Waals surface area contributed by atoms with Crippen LogP contribution in [0, 0.1) is 6.92 Å². The van der Waals surface area contributed by atoms with Crippen molar-refractivity contribution >= 4 is 23.2 Å². The van der Waals surface area contributed by atoms with Crippen LogP contribution in [0.5, 0.6) is 0 Å². The van der Waals surface area contributed by atoms with Gasteiger partial charge in [-0.1, -0.05) is 29.8 Å². The fourth-order valence-electron chi connectivity index (χ4n) is 1.18. The monoisotopic (exact) mass is 223 g/mol. The van der Waals surface area contributed by atoms with Crippen molar-refractivity contribution in [3.05, 3.63) is 35.4 Å². The highest BCUT2D eigenvalue weighted by molar-refractivity contribution is 7.80. The molecule has 0 aromatic heterocycles. The van der Waals surface area contributed by atoms with Crippen LogP contribution in [0.4, 0.5) is 0 Å². The second-order valence-corrected chi connectivity index (χ2v) is 3.64. The Kier molecular flexibility index (Phi) is 4.05. The normalized spacial score (nSPS) is 9.40. The van der Waals surface area contributed by atoms with E-state index < -0.39 is 0 Å². The average molecular weight is 223 g/mol. The number of hydrazine groups is 1. The molecule has 0 aliphatic heterocycles. The molecule has 0 atom stereocenters. The summed E-state index contributed by atoms with van der Waals surface area (Å²) in [6, 6.07) is 7.75. The highest BCUT2D eigenvalue weighted by Gasteiger charge is 2.02. The van der Waals surface area contributed by atoms with Gasteiger partial charge in [0, 0.05) is 0 Å². The summed E-state index contributed by atoms with van der Waals surface area (Å²) in [7, 11) is 0. The van der Waals surface area contributed by atoms with Gasteiger partial charge in [-0.3, -0.25) is 15.6 Å². The number of rotatable bonds is 2. The molecule has 0 bridgehead atoms. The Balaban J connectivity index is 2.48. The van der Waals surface area contributed by atoms with Crippen LogP contribution in [-0.2, 0) is 11.2 Å². The molecule has 0 radical (unpaired) electrons. The molecule has 1 amide bonds. The van der Waals surface area contributed by atoms with Crippen LogP contribution in [0.2, 0.25) is 0 Å². The van der Waals surface area contributed by atoms with Crippen molar-refractivity contribution < 1.29 is 4.79 Å². The highest BCUT2D eigenvalue weighted by Crippen LogP contribution is 2.04. The van der Waals surface area contributed by atoms with Gasteiger partial charge >= 0.3 is 0 Å². The number of thiocarbonyl (C=S) groups is 1. The summed E-state index contributed by atoms with van der Waals surface area (Å²) < 4.78 is 0. The number of aryl methyl sites for hydroxylation is 1. The van der Waals surface area contributed by atoms with Crippen LogP contribution in [0.15, 0.2) is 24.3 Å². The number of nitrogens with one attached hydrogen (secondary N) is 2. The molecule has 0 aliphatic carbocycles. The standard InChI is InChI=1S/C10H13N3OS/c1-7-3-2-4-8(5-7)6-9(14)12-13-10(11)15/h2-5H,6H2,1H3,(H,12,14)(H3,11,13,15). The Morgan fingerprint density at radius 2 is 2.20 bits per heavy atom. The summed E-state index contributed by atoms with van der Waals surface area (Å²) in [6.45, 7) is 1.98. The van der Waals surface area contributed by atoms with Crippen LogP contribution in [0.25, 0.3) is 0 Å². The van der Waals surface area contributed by atoms with E-state index >= 15 is 0 Å². The molecule has 0 aliphatic rings. The molecule has 1 aromatic carbocycles. The van der Waals surface area contributed by atoms with Crippen LogP contribution in [0.3, 0.4) is 0 Å². The zero-order chi connectivity index (χ0) is 11.3. The third-order valence-electron chi connectivity index (χ3n) is 1.77. The molecule has 0 saturated carbocycles. The first-order valence-electron chi connectivity index (χ1n) is 4.48. The topological polar surface area (TPSA) is 67.2 Å². The van der Waals surface area contributed by atoms with Gasteiger partial charge in [-0.15, -0.1) is 0 Å². The first-order chi connectivity index (χ1) is 7.08. The molecule has 4 N–H and O–H groups in total. The zero-order valence-electron chi connectivity index (χ0n) is 8.41. The number of carbonyl (C=O) groups excluding carboxylic acids is 1. The highest BCUT2D eigenvalue weighted by atomic mass is 32.1. The number of hydrogen-bond acceptors (Lipinski definition) is 2. The number of carbonyl (C=O) groups is 1. The van der Waals surface area contributed by atoms with Crippen molar-refractivity contribution in [3.63, 3.8) is 0 Å². The van der Waals surface area contributed by atoms with Crippen molar-refractivity contribution in [2.45, 2.75) is 13.3 Å². The molecule has 0 heterocycles. The minimum Gasteiger partial charge on any atom is -0.375 e. The van der Waals surface area contributed by atoms with Crippen molar-refractivity contribution in [2.24, 2.45) is 5.73 Å². The van der Waals surface area contributed by atoms with Crippen molar-refractivity contribution in [1.29, 1.82) is 0 Å². The minimum atomic E-state index is -0.173. The first kappa shape index (κ1) is 11.5. The predicted molar refractivity (Wildman–Crippen MR) is 62.9 cm³/mol. The van der Waals surface area contributed by atoms with Crippen molar-refractivity contribution in [1.82, 2.24) is 10.9 Å². The summed E-state index contributed by atoms with van der Waals surface area (Å²) >= 11 is 4.55. The summed E-state index contributed by atoms with van der Waals surface area (Å²) in [6.07, 6.45) is 0.303. The minimum absolute atomic E-state index is 0.0487. The third-order valence-corrected chi connectivity index (χ3v) is 1.87. The zero-order valence-corrected chi connectivity index (χ0v) is 9.23. The van der Waals surface area contributed by atoms with E-state index in [9.17, 15) is 4.79 Å². The lowest BCUT2D eigenvalue weighted by molar-refractivity contribution is -0.121. The summed E-state index contributed by atoms with van der Waals surface area (Å²) in [4.78, 5) is 11.3. The van der Waals surface area contributed by atoms with Gasteiger partial charge in [0.25, 0.3) is 0 Å². The van der Waals surface area contributed by atoms with E-state index in [1.165, 1.54) is 0 Å². The molecule has 1 rings (SSSR count). The number of nitrogens with two attached hydrogens (primary N) is 1. The Hall–Kier alpha value is -1.62. The molecule has 0 unspecified atom stereocenters. The lowest BCUT2D eigenvalue weighted by Crippen LogP contribution is -2.44. The average Bonchev–Trinajstić information content (AvgIpc) is 2.15. The molecule has 0 fully saturated rings. The quantitative estimate of drug-likeness (QED) is 0.501. The van der Waals surface area contributed by atoms with E-state index in [4.69, 9.17) is 5.73 Å². The Morgan fingerprint density at radius 1 is 1.47 bits per heavy atom. The lowest BCUT2D eigenvalue weighted by atomic mass is 10.1. The molecular weight excluding hydrogens is 210 g/mol.